The number of nitrogens with zero attached hydrogens (tertiary/aromatic N) is 1. The van der Waals surface area contributed by atoms with Gasteiger partial charge in [-0.25, -0.2) is 4.98 Å². The second kappa shape index (κ2) is 7.01. The van der Waals surface area contributed by atoms with Crippen LogP contribution in [0.5, 0.6) is 0 Å². The maximum absolute atomic E-state index is 6.05. The van der Waals surface area contributed by atoms with Crippen LogP contribution in [-0.4, -0.2) is 18.1 Å². The lowest BCUT2D eigenvalue weighted by Crippen LogP contribution is -2.30. The molecule has 0 radical (unpaired) electrons. The van der Waals surface area contributed by atoms with E-state index in [2.05, 4.69) is 33.0 Å². The Morgan fingerprint density at radius 3 is 2.80 bits per heavy atom. The average molecular weight is 296 g/mol. The third kappa shape index (κ3) is 3.60. The monoisotopic (exact) mass is 296 g/mol. The van der Waals surface area contributed by atoms with E-state index in [1.54, 1.807) is 0 Å². The van der Waals surface area contributed by atoms with Gasteiger partial charge in [-0.1, -0.05) is 20.8 Å². The van der Waals surface area contributed by atoms with Crippen LogP contribution in [0.1, 0.15) is 74.9 Å². The molecule has 1 aliphatic heterocycles. The molecule has 114 valence electrons. The molecule has 1 fully saturated rings. The van der Waals surface area contributed by atoms with Gasteiger partial charge in [0.15, 0.2) is 0 Å². The zero-order valence-corrected chi connectivity index (χ0v) is 14.1. The van der Waals surface area contributed by atoms with Crippen LogP contribution in [0.25, 0.3) is 0 Å². The van der Waals surface area contributed by atoms with Gasteiger partial charge in [-0.3, -0.25) is 0 Å². The van der Waals surface area contributed by atoms with E-state index in [1.165, 1.54) is 34.8 Å². The first kappa shape index (κ1) is 15.9. The summed E-state index contributed by atoms with van der Waals surface area (Å²) >= 11 is 1.85. The fraction of sp³-hybridized carbons (Fsp3) is 0.812. The molecule has 1 N–H and O–H groups in total. The Morgan fingerprint density at radius 2 is 2.20 bits per heavy atom. The van der Waals surface area contributed by atoms with Crippen molar-refractivity contribution >= 4 is 11.3 Å². The minimum Gasteiger partial charge on any atom is -0.368 e. The number of aromatic nitrogens is 1. The van der Waals surface area contributed by atoms with Gasteiger partial charge < -0.3 is 10.1 Å². The number of hydrogen-bond donors (Lipinski definition) is 1. The lowest BCUT2D eigenvalue weighted by Gasteiger charge is -2.31. The van der Waals surface area contributed by atoms with Crippen molar-refractivity contribution in [2.75, 3.05) is 13.2 Å². The van der Waals surface area contributed by atoms with E-state index in [0.29, 0.717) is 5.92 Å². The van der Waals surface area contributed by atoms with Gasteiger partial charge in [-0.2, -0.15) is 0 Å². The normalized spacial score (nSPS) is 23.4. The van der Waals surface area contributed by atoms with Crippen LogP contribution in [-0.2, 0) is 16.9 Å². The summed E-state index contributed by atoms with van der Waals surface area (Å²) in [6.07, 6.45) is 4.70. The molecule has 1 atom stereocenters. The van der Waals surface area contributed by atoms with E-state index in [4.69, 9.17) is 9.72 Å². The second-order valence-corrected chi connectivity index (χ2v) is 7.28. The highest BCUT2D eigenvalue weighted by Gasteiger charge is 2.34. The average Bonchev–Trinajstić information content (AvgIpc) is 2.85. The van der Waals surface area contributed by atoms with E-state index >= 15 is 0 Å². The minimum atomic E-state index is -0.157. The van der Waals surface area contributed by atoms with Gasteiger partial charge in [0.25, 0.3) is 0 Å². The van der Waals surface area contributed by atoms with Crippen molar-refractivity contribution in [2.45, 2.75) is 71.4 Å². The molecule has 1 unspecified atom stereocenters. The minimum absolute atomic E-state index is 0.157. The van der Waals surface area contributed by atoms with Crippen LogP contribution in [0.3, 0.4) is 0 Å². The Kier molecular flexibility index (Phi) is 5.58. The Labute approximate surface area is 127 Å². The maximum atomic E-state index is 6.05. The third-order valence-corrected chi connectivity index (χ3v) is 5.22. The van der Waals surface area contributed by atoms with Crippen LogP contribution >= 0.6 is 11.3 Å². The molecule has 4 heteroatoms. The smallest absolute Gasteiger partial charge is 0.125 e. The first-order valence-corrected chi connectivity index (χ1v) is 8.73. The molecule has 2 rings (SSSR count). The van der Waals surface area contributed by atoms with E-state index < -0.39 is 0 Å². The predicted molar refractivity (Wildman–Crippen MR) is 85.4 cm³/mol. The van der Waals surface area contributed by atoms with Crippen LogP contribution in [0.15, 0.2) is 0 Å². The van der Waals surface area contributed by atoms with Crippen molar-refractivity contribution in [3.8, 4) is 0 Å². The summed E-state index contributed by atoms with van der Waals surface area (Å²) in [7, 11) is 0. The van der Waals surface area contributed by atoms with Crippen molar-refractivity contribution in [1.29, 1.82) is 0 Å². The number of thiazole rings is 1. The van der Waals surface area contributed by atoms with E-state index in [-0.39, 0.29) is 5.60 Å². The molecule has 2 heterocycles. The summed E-state index contributed by atoms with van der Waals surface area (Å²) in [6.45, 7) is 11.7. The molecule has 20 heavy (non-hydrogen) atoms. The molecule has 0 bridgehead atoms. The van der Waals surface area contributed by atoms with Gasteiger partial charge in [-0.15, -0.1) is 11.3 Å². The van der Waals surface area contributed by atoms with Crippen LogP contribution in [0.2, 0.25) is 0 Å². The molecule has 1 aromatic rings. The van der Waals surface area contributed by atoms with E-state index in [9.17, 15) is 0 Å². The second-order valence-electron chi connectivity index (χ2n) is 6.20. The fourth-order valence-electron chi connectivity index (χ4n) is 2.65. The summed E-state index contributed by atoms with van der Waals surface area (Å²) in [4.78, 5) is 6.33. The molecule has 0 amide bonds. The zero-order chi connectivity index (χ0) is 14.6. The zero-order valence-electron chi connectivity index (χ0n) is 13.3. The van der Waals surface area contributed by atoms with Crippen molar-refractivity contribution in [1.82, 2.24) is 10.3 Å². The van der Waals surface area contributed by atoms with Gasteiger partial charge in [-0.05, 0) is 45.1 Å². The molecule has 1 saturated heterocycles. The third-order valence-electron chi connectivity index (χ3n) is 3.91. The Balaban J connectivity index is 2.19. The highest BCUT2D eigenvalue weighted by Crippen LogP contribution is 2.39. The van der Waals surface area contributed by atoms with Gasteiger partial charge >= 0.3 is 0 Å². The van der Waals surface area contributed by atoms with E-state index in [0.717, 1.165) is 26.1 Å². The quantitative estimate of drug-likeness (QED) is 0.800. The molecule has 1 aliphatic rings. The summed E-state index contributed by atoms with van der Waals surface area (Å²) in [5.41, 5.74) is 1.10. The first-order valence-electron chi connectivity index (χ1n) is 7.91. The molecule has 0 aromatic carbocycles. The number of rotatable bonds is 6. The number of hydrogen-bond acceptors (Lipinski definition) is 4. The number of ether oxygens (including phenoxy) is 1. The first-order chi connectivity index (χ1) is 9.57. The summed E-state index contributed by atoms with van der Waals surface area (Å²) in [5, 5.41) is 4.68. The van der Waals surface area contributed by atoms with Crippen molar-refractivity contribution in [2.24, 2.45) is 0 Å². The van der Waals surface area contributed by atoms with E-state index in [1.807, 2.05) is 11.3 Å². The highest BCUT2D eigenvalue weighted by molar-refractivity contribution is 7.11. The summed E-state index contributed by atoms with van der Waals surface area (Å²) < 4.78 is 6.05. The van der Waals surface area contributed by atoms with Crippen molar-refractivity contribution in [3.05, 3.63) is 15.6 Å². The molecular weight excluding hydrogens is 268 g/mol. The predicted octanol–water partition coefficient (Wildman–Crippen LogP) is 4.18. The Morgan fingerprint density at radius 1 is 1.40 bits per heavy atom. The van der Waals surface area contributed by atoms with Gasteiger partial charge in [0, 0.05) is 18.0 Å². The number of nitrogens with one attached hydrogen (secondary N) is 1. The maximum Gasteiger partial charge on any atom is 0.125 e. The lowest BCUT2D eigenvalue weighted by molar-refractivity contribution is -0.0702. The van der Waals surface area contributed by atoms with Crippen molar-refractivity contribution in [3.63, 3.8) is 0 Å². The van der Waals surface area contributed by atoms with Gasteiger partial charge in [0.05, 0.1) is 5.69 Å². The van der Waals surface area contributed by atoms with Crippen LogP contribution < -0.4 is 5.32 Å². The molecular formula is C16H28N2OS. The Bertz CT molecular complexity index is 422. The lowest BCUT2D eigenvalue weighted by atomic mass is 9.96. The highest BCUT2D eigenvalue weighted by atomic mass is 32.1. The molecule has 1 aromatic heterocycles. The SMILES string of the molecule is CCCNCc1sc(C2(C)CCCCO2)nc1C(C)C. The largest absolute Gasteiger partial charge is 0.368 e. The summed E-state index contributed by atoms with van der Waals surface area (Å²) in [6, 6.07) is 0. The van der Waals surface area contributed by atoms with Gasteiger partial charge in [0.1, 0.15) is 10.6 Å². The van der Waals surface area contributed by atoms with Crippen LogP contribution in [0, 0.1) is 0 Å². The molecule has 3 nitrogen and oxygen atoms in total. The molecule has 0 saturated carbocycles. The Hall–Kier alpha value is -0.450. The van der Waals surface area contributed by atoms with Gasteiger partial charge in [0.2, 0.25) is 0 Å². The van der Waals surface area contributed by atoms with Crippen molar-refractivity contribution < 1.29 is 4.74 Å². The van der Waals surface area contributed by atoms with Crippen LogP contribution in [0.4, 0.5) is 0 Å². The standard InChI is InChI=1S/C16H28N2OS/c1-5-9-17-11-13-14(12(2)3)18-15(20-13)16(4)8-6-7-10-19-16/h12,17H,5-11H2,1-4H3. The topological polar surface area (TPSA) is 34.1 Å². The molecule has 0 aliphatic carbocycles. The molecule has 0 spiro atoms. The fourth-order valence-corrected chi connectivity index (χ4v) is 3.96. The summed E-state index contributed by atoms with van der Waals surface area (Å²) in [5.74, 6) is 0.477.